The number of aromatic nitrogens is 6. The molecular weight excluding hydrogens is 571 g/mol. The van der Waals surface area contributed by atoms with Gasteiger partial charge in [0.05, 0.1) is 11.3 Å². The van der Waals surface area contributed by atoms with Crippen molar-refractivity contribution in [2.24, 2.45) is 17.8 Å². The van der Waals surface area contributed by atoms with E-state index in [-0.39, 0.29) is 29.2 Å². The van der Waals surface area contributed by atoms with E-state index in [4.69, 9.17) is 10.7 Å². The van der Waals surface area contributed by atoms with E-state index >= 15 is 0 Å². The Morgan fingerprint density at radius 1 is 1.07 bits per heavy atom. The van der Waals surface area contributed by atoms with Crippen LogP contribution in [0.25, 0.3) is 33.6 Å². The summed E-state index contributed by atoms with van der Waals surface area (Å²) in [5.74, 6) is 1.00. The number of carbonyl (C=O) groups is 1. The van der Waals surface area contributed by atoms with Crippen LogP contribution >= 0.6 is 12.4 Å². The molecule has 10 nitrogen and oxygen atoms in total. The van der Waals surface area contributed by atoms with E-state index in [1.54, 1.807) is 30.1 Å². The van der Waals surface area contributed by atoms with Crippen LogP contribution in [0, 0.1) is 13.8 Å². The molecule has 3 aliphatic rings. The maximum Gasteiger partial charge on any atom is 0.417 e. The van der Waals surface area contributed by atoms with Crippen molar-refractivity contribution in [2.75, 3.05) is 11.9 Å². The number of anilines is 1. The summed E-state index contributed by atoms with van der Waals surface area (Å²) in [7, 11) is 1.79. The molecule has 216 valence electrons. The van der Waals surface area contributed by atoms with Crippen LogP contribution in [0.3, 0.4) is 0 Å². The topological polar surface area (TPSA) is 129 Å². The summed E-state index contributed by atoms with van der Waals surface area (Å²) in [6, 6.07) is 9.46. The maximum atomic E-state index is 14.0. The summed E-state index contributed by atoms with van der Waals surface area (Å²) in [6.07, 6.45) is -2.11. The Balaban J connectivity index is 0.00000353. The third-order valence-electron chi connectivity index (χ3n) is 6.99. The molecule has 3 N–H and O–H groups in total. The summed E-state index contributed by atoms with van der Waals surface area (Å²) in [5, 5.41) is 7.69. The lowest BCUT2D eigenvalue weighted by Gasteiger charge is -2.20. The van der Waals surface area contributed by atoms with E-state index < -0.39 is 23.3 Å². The molecule has 42 heavy (non-hydrogen) atoms. The number of alkyl halides is 3. The predicted octanol–water partition coefficient (Wildman–Crippen LogP) is 4.66. The van der Waals surface area contributed by atoms with Gasteiger partial charge in [0, 0.05) is 55.3 Å². The number of pyridine rings is 2. The predicted molar refractivity (Wildman–Crippen MR) is 152 cm³/mol. The lowest BCUT2D eigenvalue weighted by atomic mass is 9.91. The highest BCUT2D eigenvalue weighted by molar-refractivity contribution is 5.99. The lowest BCUT2D eigenvalue weighted by Crippen LogP contribution is -2.18. The molecule has 1 aromatic carbocycles. The monoisotopic (exact) mass is 595 g/mol. The number of primary amides is 1. The first-order valence-corrected chi connectivity index (χ1v) is 12.7. The number of nitrogens with one attached hydrogen (secondary N) is 1. The second kappa shape index (κ2) is 10.6. The van der Waals surface area contributed by atoms with Gasteiger partial charge in [-0.3, -0.25) is 14.5 Å². The Morgan fingerprint density at radius 2 is 1.83 bits per heavy atom. The Morgan fingerprint density at radius 3 is 2.52 bits per heavy atom. The molecule has 5 heterocycles. The van der Waals surface area contributed by atoms with E-state index in [0.29, 0.717) is 30.3 Å². The van der Waals surface area contributed by atoms with Gasteiger partial charge in [-0.1, -0.05) is 12.1 Å². The zero-order valence-electron chi connectivity index (χ0n) is 22.7. The average Bonchev–Trinajstić information content (AvgIpc) is 3.54. The van der Waals surface area contributed by atoms with E-state index in [0.717, 1.165) is 40.5 Å². The third kappa shape index (κ3) is 4.96. The Kier molecular flexibility index (Phi) is 7.23. The first-order chi connectivity index (χ1) is 19.5. The van der Waals surface area contributed by atoms with Crippen LogP contribution in [0.15, 0.2) is 53.8 Å². The molecule has 0 atom stereocenters. The summed E-state index contributed by atoms with van der Waals surface area (Å²) in [4.78, 5) is 29.7. The van der Waals surface area contributed by atoms with Crippen LogP contribution in [0.5, 0.6) is 0 Å². The largest absolute Gasteiger partial charge is 0.417 e. The van der Waals surface area contributed by atoms with Gasteiger partial charge >= 0.3 is 6.18 Å². The molecule has 3 aliphatic heterocycles. The van der Waals surface area contributed by atoms with E-state index in [9.17, 15) is 18.0 Å². The fourth-order valence-corrected chi connectivity index (χ4v) is 5.17. The number of amides is 1. The highest BCUT2D eigenvalue weighted by Crippen LogP contribution is 2.42. The minimum absolute atomic E-state index is 0. The zero-order chi connectivity index (χ0) is 29.1. The van der Waals surface area contributed by atoms with Gasteiger partial charge in [-0.05, 0) is 48.7 Å². The minimum Gasteiger partial charge on any atom is -0.369 e. The second-order valence-corrected chi connectivity index (χ2v) is 9.79. The van der Waals surface area contributed by atoms with E-state index in [2.05, 4.69) is 25.4 Å². The molecule has 1 amide bonds. The number of rotatable bonds is 4. The van der Waals surface area contributed by atoms with Crippen molar-refractivity contribution in [3.63, 3.8) is 0 Å². The number of carbonyl (C=O) groups excluding carboxylic acids is 1. The van der Waals surface area contributed by atoms with Crippen molar-refractivity contribution >= 4 is 29.9 Å². The van der Waals surface area contributed by atoms with Gasteiger partial charge in [-0.25, -0.2) is 4.98 Å². The first kappa shape index (κ1) is 28.7. The van der Waals surface area contributed by atoms with E-state index in [1.807, 2.05) is 30.5 Å². The van der Waals surface area contributed by atoms with E-state index in [1.165, 1.54) is 6.07 Å². The van der Waals surface area contributed by atoms with Crippen LogP contribution in [0.4, 0.5) is 24.8 Å². The fraction of sp³-hybridized carbons (Fsp3) is 0.214. The summed E-state index contributed by atoms with van der Waals surface area (Å²) >= 11 is 0. The van der Waals surface area contributed by atoms with Gasteiger partial charge in [0.1, 0.15) is 17.3 Å². The van der Waals surface area contributed by atoms with Gasteiger partial charge in [0.2, 0.25) is 0 Å². The van der Waals surface area contributed by atoms with Crippen molar-refractivity contribution in [3.05, 3.63) is 76.9 Å². The maximum absolute atomic E-state index is 14.0. The minimum atomic E-state index is -4.72. The molecule has 3 aromatic rings. The smallest absolute Gasteiger partial charge is 0.369 e. The SMILES string of the molecule is Cc1cc(N=c2ncc3cc(-c4cc(-c5c(C(F)(F)F)ccnc5C(N)=O)ccc4C)c4n(c-3n2)CCN4)n(C)n1.Cl. The number of halogens is 4. The van der Waals surface area contributed by atoms with Crippen LogP contribution in [-0.4, -0.2) is 41.8 Å². The van der Waals surface area contributed by atoms with Crippen molar-refractivity contribution in [3.8, 4) is 33.6 Å². The molecule has 2 aromatic heterocycles. The molecule has 0 fully saturated rings. The second-order valence-electron chi connectivity index (χ2n) is 9.79. The van der Waals surface area contributed by atoms with Crippen LogP contribution in [0.2, 0.25) is 0 Å². The van der Waals surface area contributed by atoms with Crippen LogP contribution in [-0.2, 0) is 19.8 Å². The van der Waals surface area contributed by atoms with Crippen molar-refractivity contribution in [1.82, 2.24) is 29.3 Å². The standard InChI is InChI=1S/C28H24F3N9O.ClH/c1-14-4-5-16(22-20(28(29,30)31)6-7-33-23(22)24(32)41)11-18(14)19-12-17-13-35-27(36-21-10-15(2)38-39(21)3)37-25(17)40-9-8-34-26(19)40;/h4-7,10-13,34H,8-9H2,1-3H3,(H2,32,41);1H. The van der Waals surface area contributed by atoms with Crippen molar-refractivity contribution < 1.29 is 18.0 Å². The highest BCUT2D eigenvalue weighted by Gasteiger charge is 2.36. The number of fused-ring (bicyclic) bond motifs is 3. The Bertz CT molecular complexity index is 1890. The molecule has 0 aliphatic carbocycles. The van der Waals surface area contributed by atoms with Crippen molar-refractivity contribution in [1.29, 1.82) is 0 Å². The van der Waals surface area contributed by atoms with Gasteiger partial charge in [-0.15, -0.1) is 12.4 Å². The molecular formula is C28H25ClF3N9O. The van der Waals surface area contributed by atoms with Gasteiger partial charge in [0.15, 0.2) is 5.82 Å². The first-order valence-electron chi connectivity index (χ1n) is 12.7. The number of hydrogen-bond donors (Lipinski definition) is 2. The quantitative estimate of drug-likeness (QED) is 0.311. The fourth-order valence-electron chi connectivity index (χ4n) is 5.17. The number of benzene rings is 1. The van der Waals surface area contributed by atoms with Crippen LogP contribution in [0.1, 0.15) is 27.3 Å². The molecule has 6 rings (SSSR count). The summed E-state index contributed by atoms with van der Waals surface area (Å²) in [5.41, 5.74) is 7.91. The van der Waals surface area contributed by atoms with Crippen molar-refractivity contribution in [2.45, 2.75) is 26.6 Å². The molecule has 0 bridgehead atoms. The number of nitrogens with zero attached hydrogens (tertiary/aromatic N) is 7. The van der Waals surface area contributed by atoms with Gasteiger partial charge in [0.25, 0.3) is 11.5 Å². The normalized spacial score (nSPS) is 13.1. The zero-order valence-corrected chi connectivity index (χ0v) is 23.5. The highest BCUT2D eigenvalue weighted by atomic mass is 35.5. The average molecular weight is 596 g/mol. The molecule has 0 spiro atoms. The van der Waals surface area contributed by atoms with Gasteiger partial charge in [-0.2, -0.15) is 28.2 Å². The third-order valence-corrected chi connectivity index (χ3v) is 6.99. The lowest BCUT2D eigenvalue weighted by molar-refractivity contribution is -0.137. The molecule has 14 heteroatoms. The summed E-state index contributed by atoms with van der Waals surface area (Å²) in [6.45, 7) is 4.99. The Labute approximate surface area is 243 Å². The molecule has 0 unspecified atom stereocenters. The number of aryl methyl sites for hydroxylation is 3. The van der Waals surface area contributed by atoms with Crippen LogP contribution < -0.4 is 16.7 Å². The summed E-state index contributed by atoms with van der Waals surface area (Å²) < 4.78 is 45.7. The number of hydrogen-bond acceptors (Lipinski definition) is 7. The van der Waals surface area contributed by atoms with Gasteiger partial charge < -0.3 is 15.6 Å². The number of nitrogens with two attached hydrogens (primary N) is 1. The molecule has 0 radical (unpaired) electrons. The molecule has 0 saturated heterocycles. The molecule has 0 saturated carbocycles. The Hall–Kier alpha value is -4.78.